The highest BCUT2D eigenvalue weighted by molar-refractivity contribution is 5.96. The van der Waals surface area contributed by atoms with E-state index in [-0.39, 0.29) is 18.4 Å². The summed E-state index contributed by atoms with van der Waals surface area (Å²) in [4.78, 5) is 26.3. The van der Waals surface area contributed by atoms with Gasteiger partial charge in [-0.1, -0.05) is 6.92 Å². The van der Waals surface area contributed by atoms with Crippen LogP contribution in [0, 0.1) is 0 Å². The number of likely N-dealkylation sites (tertiary alicyclic amines) is 1. The van der Waals surface area contributed by atoms with E-state index in [4.69, 9.17) is 4.74 Å². The topological polar surface area (TPSA) is 58.6 Å². The molecule has 1 aliphatic heterocycles. The number of piperidine rings is 1. The van der Waals surface area contributed by atoms with Gasteiger partial charge < -0.3 is 15.0 Å². The van der Waals surface area contributed by atoms with Crippen LogP contribution in [0.5, 0.6) is 5.75 Å². The van der Waals surface area contributed by atoms with Gasteiger partial charge in [-0.25, -0.2) is 0 Å². The summed E-state index contributed by atoms with van der Waals surface area (Å²) in [6.45, 7) is 2.96. The van der Waals surface area contributed by atoms with Crippen molar-refractivity contribution in [3.63, 3.8) is 0 Å². The number of methoxy groups -OCH3 is 1. The minimum atomic E-state index is -0.235. The van der Waals surface area contributed by atoms with E-state index >= 15 is 0 Å². The first-order valence-corrected chi connectivity index (χ1v) is 7.87. The maximum Gasteiger partial charge on any atom is 0.251 e. The summed E-state index contributed by atoms with van der Waals surface area (Å²) in [5, 5.41) is 2.71. The molecule has 1 unspecified atom stereocenters. The van der Waals surface area contributed by atoms with Crippen LogP contribution in [-0.2, 0) is 4.79 Å². The number of nitrogens with zero attached hydrogens (tertiary/aromatic N) is 1. The van der Waals surface area contributed by atoms with E-state index in [0.29, 0.717) is 17.4 Å². The normalized spacial score (nSPS) is 17.9. The summed E-state index contributed by atoms with van der Waals surface area (Å²) in [6.07, 6.45) is 4.27. The van der Waals surface area contributed by atoms with Gasteiger partial charge in [-0.05, 0) is 49.9 Å². The van der Waals surface area contributed by atoms with Crippen LogP contribution < -0.4 is 10.1 Å². The van der Waals surface area contributed by atoms with Gasteiger partial charge in [0.2, 0.25) is 5.91 Å². The molecule has 0 saturated carbocycles. The number of carbonyl (C=O) groups excluding carboxylic acids is 2. The van der Waals surface area contributed by atoms with Crippen LogP contribution in [0.3, 0.4) is 0 Å². The molecule has 22 heavy (non-hydrogen) atoms. The summed E-state index contributed by atoms with van der Waals surface area (Å²) in [6, 6.07) is 7.16. The monoisotopic (exact) mass is 304 g/mol. The molecule has 0 spiro atoms. The quantitative estimate of drug-likeness (QED) is 0.907. The lowest BCUT2D eigenvalue weighted by Crippen LogP contribution is -2.47. The van der Waals surface area contributed by atoms with Gasteiger partial charge in [-0.3, -0.25) is 9.59 Å². The summed E-state index contributed by atoms with van der Waals surface area (Å²) in [5.41, 5.74) is 0.527. The third-order valence-corrected chi connectivity index (χ3v) is 4.17. The van der Waals surface area contributed by atoms with E-state index in [0.717, 1.165) is 25.8 Å². The SMILES string of the molecule is CCC1CCCCN1C(=O)CNC(=O)c1ccc(OC)cc1. The van der Waals surface area contributed by atoms with Crippen molar-refractivity contribution >= 4 is 11.8 Å². The zero-order valence-electron chi connectivity index (χ0n) is 13.3. The number of rotatable bonds is 5. The van der Waals surface area contributed by atoms with Crippen molar-refractivity contribution in [1.29, 1.82) is 0 Å². The molecule has 2 rings (SSSR count). The fraction of sp³-hybridized carbons (Fsp3) is 0.529. The van der Waals surface area contributed by atoms with Gasteiger partial charge in [0.15, 0.2) is 0 Å². The van der Waals surface area contributed by atoms with Crippen LogP contribution in [0.2, 0.25) is 0 Å². The molecular formula is C17H24N2O3. The second-order valence-corrected chi connectivity index (χ2v) is 5.56. The molecule has 1 N–H and O–H groups in total. The Labute approximate surface area is 131 Å². The zero-order chi connectivity index (χ0) is 15.9. The van der Waals surface area contributed by atoms with Crippen LogP contribution in [0.15, 0.2) is 24.3 Å². The Morgan fingerprint density at radius 3 is 2.64 bits per heavy atom. The highest BCUT2D eigenvalue weighted by Crippen LogP contribution is 2.19. The maximum absolute atomic E-state index is 12.3. The van der Waals surface area contributed by atoms with Crippen molar-refractivity contribution < 1.29 is 14.3 Å². The zero-order valence-corrected chi connectivity index (χ0v) is 13.3. The summed E-state index contributed by atoms with van der Waals surface area (Å²) < 4.78 is 5.06. The molecule has 1 fully saturated rings. The molecule has 2 amide bonds. The standard InChI is InChI=1S/C17H24N2O3/c1-3-14-6-4-5-11-19(14)16(20)12-18-17(21)13-7-9-15(22-2)10-8-13/h7-10,14H,3-6,11-12H2,1-2H3,(H,18,21). The second-order valence-electron chi connectivity index (χ2n) is 5.56. The van der Waals surface area contributed by atoms with Crippen LogP contribution in [0.25, 0.3) is 0 Å². The van der Waals surface area contributed by atoms with Crippen molar-refractivity contribution in [1.82, 2.24) is 10.2 Å². The molecule has 1 aliphatic rings. The van der Waals surface area contributed by atoms with Gasteiger partial charge in [-0.2, -0.15) is 0 Å². The molecule has 1 aromatic rings. The Hall–Kier alpha value is -2.04. The van der Waals surface area contributed by atoms with Gasteiger partial charge >= 0.3 is 0 Å². The molecule has 0 radical (unpaired) electrons. The molecule has 1 saturated heterocycles. The Morgan fingerprint density at radius 2 is 2.00 bits per heavy atom. The Bertz CT molecular complexity index is 513. The molecule has 1 aromatic carbocycles. The minimum absolute atomic E-state index is 0.00779. The molecule has 0 aromatic heterocycles. The molecule has 1 heterocycles. The molecule has 5 heteroatoms. The van der Waals surface area contributed by atoms with Crippen LogP contribution in [0.1, 0.15) is 43.0 Å². The molecular weight excluding hydrogens is 280 g/mol. The van der Waals surface area contributed by atoms with Gasteiger partial charge in [-0.15, -0.1) is 0 Å². The fourth-order valence-corrected chi connectivity index (χ4v) is 2.86. The number of ether oxygens (including phenoxy) is 1. The van der Waals surface area contributed by atoms with E-state index in [1.165, 1.54) is 6.42 Å². The van der Waals surface area contributed by atoms with Gasteiger partial charge in [0.05, 0.1) is 13.7 Å². The highest BCUT2D eigenvalue weighted by Gasteiger charge is 2.25. The highest BCUT2D eigenvalue weighted by atomic mass is 16.5. The first-order chi connectivity index (χ1) is 10.7. The van der Waals surface area contributed by atoms with Gasteiger partial charge in [0, 0.05) is 18.2 Å². The van der Waals surface area contributed by atoms with E-state index in [1.807, 2.05) is 4.90 Å². The Balaban J connectivity index is 1.88. The smallest absolute Gasteiger partial charge is 0.251 e. The number of amides is 2. The Morgan fingerprint density at radius 1 is 1.27 bits per heavy atom. The largest absolute Gasteiger partial charge is 0.497 e. The lowest BCUT2D eigenvalue weighted by atomic mass is 10.00. The molecule has 0 aliphatic carbocycles. The van der Waals surface area contributed by atoms with Crippen molar-refractivity contribution in [3.05, 3.63) is 29.8 Å². The first-order valence-electron chi connectivity index (χ1n) is 7.87. The maximum atomic E-state index is 12.3. The number of carbonyl (C=O) groups is 2. The average Bonchev–Trinajstić information content (AvgIpc) is 2.59. The third kappa shape index (κ3) is 4.00. The number of benzene rings is 1. The fourth-order valence-electron chi connectivity index (χ4n) is 2.86. The molecule has 120 valence electrons. The van der Waals surface area contributed by atoms with Gasteiger partial charge in [0.25, 0.3) is 5.91 Å². The predicted molar refractivity (Wildman–Crippen MR) is 85.0 cm³/mol. The number of hydrogen-bond donors (Lipinski definition) is 1. The minimum Gasteiger partial charge on any atom is -0.497 e. The summed E-state index contributed by atoms with van der Waals surface area (Å²) >= 11 is 0. The lowest BCUT2D eigenvalue weighted by Gasteiger charge is -2.35. The lowest BCUT2D eigenvalue weighted by molar-refractivity contribution is -0.133. The second kappa shape index (κ2) is 7.82. The molecule has 0 bridgehead atoms. The summed E-state index contributed by atoms with van der Waals surface area (Å²) in [5.74, 6) is 0.473. The van der Waals surface area contributed by atoms with E-state index < -0.39 is 0 Å². The van der Waals surface area contributed by atoms with Crippen molar-refractivity contribution in [2.24, 2.45) is 0 Å². The third-order valence-electron chi connectivity index (χ3n) is 4.17. The summed E-state index contributed by atoms with van der Waals surface area (Å²) in [7, 11) is 1.58. The van der Waals surface area contributed by atoms with E-state index in [2.05, 4.69) is 12.2 Å². The average molecular weight is 304 g/mol. The van der Waals surface area contributed by atoms with Crippen molar-refractivity contribution in [2.45, 2.75) is 38.6 Å². The molecule has 5 nitrogen and oxygen atoms in total. The number of hydrogen-bond acceptors (Lipinski definition) is 3. The number of nitrogens with one attached hydrogen (secondary N) is 1. The van der Waals surface area contributed by atoms with Crippen LogP contribution >= 0.6 is 0 Å². The predicted octanol–water partition coefficient (Wildman–Crippen LogP) is 2.22. The van der Waals surface area contributed by atoms with Gasteiger partial charge in [0.1, 0.15) is 5.75 Å². The van der Waals surface area contributed by atoms with E-state index in [1.54, 1.807) is 31.4 Å². The first kappa shape index (κ1) is 16.3. The van der Waals surface area contributed by atoms with Crippen molar-refractivity contribution in [2.75, 3.05) is 20.2 Å². The van der Waals surface area contributed by atoms with Crippen LogP contribution in [0.4, 0.5) is 0 Å². The van der Waals surface area contributed by atoms with Crippen molar-refractivity contribution in [3.8, 4) is 5.75 Å². The van der Waals surface area contributed by atoms with Crippen LogP contribution in [-0.4, -0.2) is 43.0 Å². The Kier molecular flexibility index (Phi) is 5.81. The van der Waals surface area contributed by atoms with E-state index in [9.17, 15) is 9.59 Å². The molecule has 1 atom stereocenters.